The molecule has 23 heavy (non-hydrogen) atoms. The molecule has 4 heterocycles. The van der Waals surface area contributed by atoms with Crippen molar-refractivity contribution in [3.63, 3.8) is 0 Å². The van der Waals surface area contributed by atoms with Crippen LogP contribution in [0, 0.1) is 11.8 Å². The average molecular weight is 331 g/mol. The van der Waals surface area contributed by atoms with Crippen LogP contribution in [0.4, 0.5) is 11.4 Å². The van der Waals surface area contributed by atoms with Crippen LogP contribution in [0.2, 0.25) is 0 Å². The van der Waals surface area contributed by atoms with E-state index in [2.05, 4.69) is 4.90 Å². The summed E-state index contributed by atoms with van der Waals surface area (Å²) in [6, 6.07) is -1.98. The molecule has 3 heteroatoms. The number of hydrogen-bond donors (Lipinski definition) is 0. The summed E-state index contributed by atoms with van der Waals surface area (Å²) in [6.45, 7) is 3.51. The third kappa shape index (κ3) is 2.38. The Labute approximate surface area is 153 Å². The Kier molecular flexibility index (Phi) is 1.96. The van der Waals surface area contributed by atoms with E-state index in [0.717, 1.165) is 44.2 Å². The molecule has 0 aromatic heterocycles. The van der Waals surface area contributed by atoms with Crippen LogP contribution in [-0.2, 0) is 0 Å². The van der Waals surface area contributed by atoms with Crippen molar-refractivity contribution in [2.24, 2.45) is 11.8 Å². The zero-order valence-electron chi connectivity index (χ0n) is 20.7. The molecule has 3 fully saturated rings. The first kappa shape index (κ1) is 8.09. The Balaban J connectivity index is 1.73. The van der Waals surface area contributed by atoms with Gasteiger partial charge in [0.05, 0.1) is 22.3 Å². The van der Waals surface area contributed by atoms with Gasteiger partial charge in [-0.25, -0.2) is 0 Å². The Morgan fingerprint density at radius 3 is 2.13 bits per heavy atom. The molecule has 4 aliphatic heterocycles. The maximum Gasteiger partial charge on any atom is 0.0645 e. The van der Waals surface area contributed by atoms with Gasteiger partial charge in [0.15, 0.2) is 0 Å². The number of nitrogens with zero attached hydrogens (tertiary/aromatic N) is 2. The van der Waals surface area contributed by atoms with Crippen molar-refractivity contribution in [3.8, 4) is 0 Å². The fourth-order valence-electron chi connectivity index (χ4n) is 4.04. The molecule has 1 atom stereocenters. The van der Waals surface area contributed by atoms with Crippen LogP contribution in [0.1, 0.15) is 23.8 Å². The van der Waals surface area contributed by atoms with E-state index in [9.17, 15) is 0 Å². The Morgan fingerprint density at radius 2 is 1.57 bits per heavy atom. The Morgan fingerprint density at radius 1 is 0.957 bits per heavy atom. The second-order valence-corrected chi connectivity index (χ2v) is 7.49. The maximum absolute atomic E-state index is 8.58. The molecule has 2 aromatic carbocycles. The van der Waals surface area contributed by atoms with E-state index in [0.29, 0.717) is 33.6 Å². The molecule has 118 valence electrons. The molecular formula is C20H22N2S. The molecule has 2 aromatic rings. The number of anilines is 2. The van der Waals surface area contributed by atoms with Crippen LogP contribution in [0.25, 0.3) is 0 Å². The van der Waals surface area contributed by atoms with Crippen molar-refractivity contribution in [2.75, 3.05) is 31.1 Å². The highest BCUT2D eigenvalue weighted by Gasteiger charge is 2.36. The summed E-state index contributed by atoms with van der Waals surface area (Å²) in [5.74, 6) is 0.779. The number of fused-ring (bicyclic) bond motifs is 5. The summed E-state index contributed by atoms with van der Waals surface area (Å²) >= 11 is 1.02. The van der Waals surface area contributed by atoms with Gasteiger partial charge >= 0.3 is 0 Å². The summed E-state index contributed by atoms with van der Waals surface area (Å²) in [4.78, 5) is 4.81. The van der Waals surface area contributed by atoms with Crippen molar-refractivity contribution >= 4 is 23.1 Å². The van der Waals surface area contributed by atoms with Gasteiger partial charge in [-0.2, -0.15) is 0 Å². The highest BCUT2D eigenvalue weighted by molar-refractivity contribution is 7.99. The summed E-state index contributed by atoms with van der Waals surface area (Å²) in [7, 11) is 0. The number of piperidine rings is 3. The van der Waals surface area contributed by atoms with Crippen molar-refractivity contribution in [1.29, 1.82) is 0 Å². The molecular weight excluding hydrogens is 300 g/mol. The molecule has 6 rings (SSSR count). The molecule has 0 radical (unpaired) electrons. The first-order valence-corrected chi connectivity index (χ1v) is 8.90. The van der Waals surface area contributed by atoms with E-state index in [1.807, 2.05) is 0 Å². The fraction of sp³-hybridized carbons (Fsp3) is 0.400. The zero-order valence-corrected chi connectivity index (χ0v) is 13.5. The summed E-state index contributed by atoms with van der Waals surface area (Å²) in [5.41, 5.74) is 0.648. The number of benzene rings is 2. The van der Waals surface area contributed by atoms with E-state index < -0.39 is 0 Å². The van der Waals surface area contributed by atoms with E-state index in [4.69, 9.17) is 11.0 Å². The van der Waals surface area contributed by atoms with Gasteiger partial charge in [-0.05, 0) is 61.9 Å². The molecule has 2 nitrogen and oxygen atoms in total. The van der Waals surface area contributed by atoms with Gasteiger partial charge in [-0.3, -0.25) is 0 Å². The van der Waals surface area contributed by atoms with Crippen molar-refractivity contribution in [1.82, 2.24) is 4.90 Å². The molecule has 0 spiro atoms. The molecule has 0 saturated carbocycles. The lowest BCUT2D eigenvalue weighted by atomic mass is 9.78. The third-order valence-corrected chi connectivity index (χ3v) is 6.22. The van der Waals surface area contributed by atoms with E-state index >= 15 is 0 Å². The normalized spacial score (nSPS) is 33.2. The summed E-state index contributed by atoms with van der Waals surface area (Å²) < 4.78 is 66.5. The van der Waals surface area contributed by atoms with Crippen molar-refractivity contribution in [2.45, 2.75) is 22.6 Å². The van der Waals surface area contributed by atoms with E-state index in [1.54, 1.807) is 4.90 Å². The van der Waals surface area contributed by atoms with Crippen LogP contribution in [0.15, 0.2) is 58.1 Å². The molecule has 2 bridgehead atoms. The topological polar surface area (TPSA) is 6.48 Å². The monoisotopic (exact) mass is 330 g/mol. The fourth-order valence-corrected chi connectivity index (χ4v) is 4.97. The van der Waals surface area contributed by atoms with Crippen LogP contribution < -0.4 is 4.90 Å². The van der Waals surface area contributed by atoms with Gasteiger partial charge in [0.1, 0.15) is 0 Å². The lowest BCUT2D eigenvalue weighted by molar-refractivity contribution is 0.0553. The Hall–Kier alpha value is -1.45. The number of rotatable bonds is 2. The van der Waals surface area contributed by atoms with Gasteiger partial charge in [-0.15, -0.1) is 0 Å². The first-order valence-electron chi connectivity index (χ1n) is 12.1. The smallest absolute Gasteiger partial charge is 0.0645 e. The van der Waals surface area contributed by atoms with Crippen molar-refractivity contribution in [3.05, 3.63) is 48.3 Å². The molecule has 0 aliphatic carbocycles. The minimum atomic E-state index is -0.330. The predicted octanol–water partition coefficient (Wildman–Crippen LogP) is 4.63. The molecule has 1 unspecified atom stereocenters. The SMILES string of the molecule is [2H]c1c([2H])c([2H])c2c(c1[2H])Sc1c([2H])c([2H])c([2H])c([2H])c1N2CC1CN2CCC1CC2. The van der Waals surface area contributed by atoms with Gasteiger partial charge in [-0.1, -0.05) is 35.9 Å². The van der Waals surface area contributed by atoms with E-state index in [1.165, 1.54) is 0 Å². The molecule has 0 N–H and O–H groups in total. The minimum Gasteiger partial charge on any atom is -0.339 e. The highest BCUT2D eigenvalue weighted by atomic mass is 32.2. The lowest BCUT2D eigenvalue weighted by Crippen LogP contribution is -2.50. The summed E-state index contributed by atoms with van der Waals surface area (Å²) in [5, 5.41) is 0. The van der Waals surface area contributed by atoms with Crippen LogP contribution in [0.5, 0.6) is 0 Å². The van der Waals surface area contributed by atoms with Crippen molar-refractivity contribution < 1.29 is 11.0 Å². The molecule has 3 saturated heterocycles. The third-order valence-electron chi connectivity index (χ3n) is 5.22. The second-order valence-electron chi connectivity index (χ2n) is 6.47. The van der Waals surface area contributed by atoms with Crippen LogP contribution in [-0.4, -0.2) is 31.1 Å². The second kappa shape index (κ2) is 5.57. The van der Waals surface area contributed by atoms with Gasteiger partial charge in [0, 0.05) is 22.9 Å². The number of para-hydroxylation sites is 2. The van der Waals surface area contributed by atoms with Crippen LogP contribution >= 0.6 is 11.8 Å². The lowest BCUT2D eigenvalue weighted by Gasteiger charge is -2.47. The largest absolute Gasteiger partial charge is 0.339 e. The summed E-state index contributed by atoms with van der Waals surface area (Å²) in [6.07, 6.45) is 2.18. The average Bonchev–Trinajstić information content (AvgIpc) is 2.78. The zero-order chi connectivity index (χ0) is 22.2. The Bertz CT molecular complexity index is 1030. The van der Waals surface area contributed by atoms with Gasteiger partial charge in [0.25, 0.3) is 0 Å². The molecule has 0 amide bonds. The number of hydrogen-bond acceptors (Lipinski definition) is 3. The molecule has 4 aliphatic rings. The highest BCUT2D eigenvalue weighted by Crippen LogP contribution is 2.48. The van der Waals surface area contributed by atoms with E-state index in [-0.39, 0.29) is 54.3 Å². The predicted molar refractivity (Wildman–Crippen MR) is 96.7 cm³/mol. The maximum atomic E-state index is 8.58. The minimum absolute atomic E-state index is 0.164. The van der Waals surface area contributed by atoms with Gasteiger partial charge < -0.3 is 9.80 Å². The van der Waals surface area contributed by atoms with Gasteiger partial charge in [0.2, 0.25) is 0 Å². The van der Waals surface area contributed by atoms with Crippen LogP contribution in [0.3, 0.4) is 0 Å². The quantitative estimate of drug-likeness (QED) is 0.792. The standard InChI is InChI=1S/C20H22N2S/c1-3-7-19-17(5-1)22(18-6-2-4-8-20(18)23-19)14-16-13-21-11-9-15(16)10-12-21/h1-8,15-16H,9-14H2/i1D,2D,3D,4D,5D,6D,7D,8D. The first-order chi connectivity index (χ1) is 14.7.